The fourth-order valence-electron chi connectivity index (χ4n) is 7.20. The lowest BCUT2D eigenvalue weighted by molar-refractivity contribution is -0.102. The first kappa shape index (κ1) is 36.2. The predicted octanol–water partition coefficient (Wildman–Crippen LogP) is 3.80. The second kappa shape index (κ2) is 16.7. The summed E-state index contributed by atoms with van der Waals surface area (Å²) in [6.45, 7) is 5.81. The van der Waals surface area contributed by atoms with Crippen LogP contribution in [0.5, 0.6) is 23.3 Å². The molecule has 9 rings (SSSR count). The Hall–Kier alpha value is -4.76. The second-order valence-corrected chi connectivity index (χ2v) is 14.2. The van der Waals surface area contributed by atoms with Crippen LogP contribution >= 0.6 is 0 Å². The number of fused-ring (bicyclic) bond motifs is 6. The van der Waals surface area contributed by atoms with Crippen molar-refractivity contribution in [3.8, 4) is 45.8 Å². The van der Waals surface area contributed by atoms with Gasteiger partial charge >= 0.3 is 11.4 Å². The standard InChI is InChI=1S/C23H28N2O5.C17H18N2O5/c26-23-24-22(30-15-19-14-27-10-11-29-19)13-21-20-6-5-18(12-17(20)7-8-25(21)23)28-9-1-2-16-3-4-16;20-12-1-2-14-11(7-12)3-4-19-15(14)8-16(18-17(19)21)24-10-13-9-22-5-6-23-13/h5-6,12-13,16,19H,1-4,7-11,14-15H2;1-2,7-8,13,20H,3-6,9-10H2/t19-;13-/m00/s1. The molecular formula is C40H46N4O10. The molecule has 2 aromatic heterocycles. The van der Waals surface area contributed by atoms with Gasteiger partial charge in [-0.15, -0.1) is 0 Å². The van der Waals surface area contributed by atoms with Crippen molar-refractivity contribution < 1.29 is 38.3 Å². The third-order valence-corrected chi connectivity index (χ3v) is 10.2. The van der Waals surface area contributed by atoms with Crippen LogP contribution in [0, 0.1) is 5.92 Å². The van der Waals surface area contributed by atoms with Gasteiger partial charge in [0.2, 0.25) is 11.8 Å². The Bertz CT molecular complexity index is 2050. The fourth-order valence-corrected chi connectivity index (χ4v) is 7.20. The summed E-state index contributed by atoms with van der Waals surface area (Å²) in [5.74, 6) is 2.68. The van der Waals surface area contributed by atoms with Crippen molar-refractivity contribution in [2.75, 3.05) is 59.5 Å². The average molecular weight is 743 g/mol. The summed E-state index contributed by atoms with van der Waals surface area (Å²) in [6, 6.07) is 14.9. The maximum absolute atomic E-state index is 12.5. The van der Waals surface area contributed by atoms with Gasteiger partial charge in [0, 0.05) is 36.3 Å². The molecule has 3 fully saturated rings. The van der Waals surface area contributed by atoms with Crippen molar-refractivity contribution in [1.29, 1.82) is 0 Å². The van der Waals surface area contributed by atoms with E-state index in [-0.39, 0.29) is 35.2 Å². The minimum atomic E-state index is -0.331. The lowest BCUT2D eigenvalue weighted by Gasteiger charge is -2.24. The fraction of sp³-hybridized carbons (Fsp3) is 0.500. The first-order valence-corrected chi connectivity index (χ1v) is 18.9. The van der Waals surface area contributed by atoms with Crippen molar-refractivity contribution in [3.05, 3.63) is 80.6 Å². The molecule has 2 aromatic carbocycles. The van der Waals surface area contributed by atoms with E-state index in [9.17, 15) is 14.7 Å². The number of ether oxygens (including phenoxy) is 7. The van der Waals surface area contributed by atoms with E-state index in [0.29, 0.717) is 78.2 Å². The highest BCUT2D eigenvalue weighted by atomic mass is 16.6. The third-order valence-electron chi connectivity index (χ3n) is 10.2. The average Bonchev–Trinajstić information content (AvgIpc) is 4.03. The lowest BCUT2D eigenvalue weighted by Crippen LogP contribution is -2.34. The van der Waals surface area contributed by atoms with Crippen LogP contribution in [0.25, 0.3) is 22.5 Å². The maximum atomic E-state index is 12.5. The Morgan fingerprint density at radius 3 is 1.83 bits per heavy atom. The van der Waals surface area contributed by atoms with Crippen molar-refractivity contribution >= 4 is 0 Å². The van der Waals surface area contributed by atoms with Gasteiger partial charge in [-0.2, -0.15) is 9.97 Å². The van der Waals surface area contributed by atoms with Gasteiger partial charge in [-0.25, -0.2) is 9.59 Å². The first-order valence-electron chi connectivity index (χ1n) is 18.9. The van der Waals surface area contributed by atoms with Crippen molar-refractivity contribution in [2.45, 2.75) is 63.8 Å². The van der Waals surface area contributed by atoms with Crippen LogP contribution in [0.1, 0.15) is 36.8 Å². The minimum Gasteiger partial charge on any atom is -0.508 e. The molecule has 1 saturated carbocycles. The van der Waals surface area contributed by atoms with E-state index in [4.69, 9.17) is 33.2 Å². The Morgan fingerprint density at radius 1 is 0.704 bits per heavy atom. The van der Waals surface area contributed by atoms with Crippen LogP contribution in [0.2, 0.25) is 0 Å². The van der Waals surface area contributed by atoms with Gasteiger partial charge in [0.05, 0.1) is 57.6 Å². The van der Waals surface area contributed by atoms with Gasteiger partial charge in [-0.3, -0.25) is 9.13 Å². The molecule has 1 aliphatic carbocycles. The Balaban J connectivity index is 0.000000157. The second-order valence-electron chi connectivity index (χ2n) is 14.2. The van der Waals surface area contributed by atoms with Crippen molar-refractivity contribution in [3.63, 3.8) is 0 Å². The molecule has 5 aliphatic rings. The predicted molar refractivity (Wildman–Crippen MR) is 196 cm³/mol. The van der Waals surface area contributed by atoms with E-state index in [1.807, 2.05) is 24.3 Å². The number of benzene rings is 2. The molecule has 4 aromatic rings. The zero-order chi connectivity index (χ0) is 36.9. The molecule has 0 bridgehead atoms. The maximum Gasteiger partial charge on any atom is 0.351 e. The molecule has 1 N–H and O–H groups in total. The number of rotatable bonds is 11. The van der Waals surface area contributed by atoms with E-state index in [1.54, 1.807) is 27.3 Å². The molecule has 14 heteroatoms. The number of aromatic nitrogens is 4. The Morgan fingerprint density at radius 2 is 1.28 bits per heavy atom. The van der Waals surface area contributed by atoms with Crippen LogP contribution < -0.4 is 25.6 Å². The summed E-state index contributed by atoms with van der Waals surface area (Å²) in [5.41, 5.74) is 5.13. The summed E-state index contributed by atoms with van der Waals surface area (Å²) in [6.07, 6.45) is 6.36. The minimum absolute atomic E-state index is 0.133. The lowest BCUT2D eigenvalue weighted by atomic mass is 9.97. The molecule has 4 aliphatic heterocycles. The van der Waals surface area contributed by atoms with E-state index in [2.05, 4.69) is 16.0 Å². The number of aromatic hydroxyl groups is 1. The number of phenolic OH excluding ortho intramolecular Hbond substituents is 1. The van der Waals surface area contributed by atoms with Crippen LogP contribution in [-0.2, 0) is 44.9 Å². The van der Waals surface area contributed by atoms with Crippen molar-refractivity contribution in [1.82, 2.24) is 19.1 Å². The number of hydrogen-bond acceptors (Lipinski definition) is 12. The molecule has 0 amide bonds. The normalized spacial score (nSPS) is 19.9. The van der Waals surface area contributed by atoms with E-state index in [1.165, 1.54) is 24.8 Å². The number of aryl methyl sites for hydroxylation is 2. The van der Waals surface area contributed by atoms with Crippen LogP contribution in [0.4, 0.5) is 0 Å². The van der Waals surface area contributed by atoms with E-state index in [0.717, 1.165) is 59.2 Å². The molecule has 0 unspecified atom stereocenters. The SMILES string of the molecule is O=c1nc(OC[C@@H]2COCCO2)cc2n1CCc1cc(O)ccc1-2.O=c1nc(OC[C@@H]2COCCO2)cc2n1CCc1cc(OCCCC3CC3)ccc1-2. The monoisotopic (exact) mass is 742 g/mol. The Labute approximate surface area is 312 Å². The van der Waals surface area contributed by atoms with Gasteiger partial charge in [0.25, 0.3) is 0 Å². The van der Waals surface area contributed by atoms with Gasteiger partial charge < -0.3 is 38.3 Å². The summed E-state index contributed by atoms with van der Waals surface area (Å²) in [4.78, 5) is 32.9. The van der Waals surface area contributed by atoms with E-state index >= 15 is 0 Å². The molecule has 2 saturated heterocycles. The Kier molecular flexibility index (Phi) is 11.2. The zero-order valence-electron chi connectivity index (χ0n) is 30.3. The van der Waals surface area contributed by atoms with Crippen LogP contribution in [0.15, 0.2) is 58.1 Å². The summed E-state index contributed by atoms with van der Waals surface area (Å²) < 4.78 is 42.6. The van der Waals surface area contributed by atoms with Gasteiger partial charge in [-0.1, -0.05) is 12.8 Å². The molecule has 6 heterocycles. The van der Waals surface area contributed by atoms with Crippen LogP contribution in [-0.4, -0.2) is 95.9 Å². The molecule has 0 spiro atoms. The van der Waals surface area contributed by atoms with E-state index < -0.39 is 0 Å². The summed E-state index contributed by atoms with van der Waals surface area (Å²) in [7, 11) is 0. The highest BCUT2D eigenvalue weighted by Crippen LogP contribution is 2.35. The molecule has 54 heavy (non-hydrogen) atoms. The molecule has 2 atom stereocenters. The molecule has 0 radical (unpaired) electrons. The summed E-state index contributed by atoms with van der Waals surface area (Å²) in [5, 5.41) is 9.64. The molecule has 286 valence electrons. The van der Waals surface area contributed by atoms with Gasteiger partial charge in [-0.05, 0) is 79.1 Å². The highest BCUT2D eigenvalue weighted by molar-refractivity contribution is 5.68. The highest BCUT2D eigenvalue weighted by Gasteiger charge is 2.24. The topological polar surface area (TPSA) is 155 Å². The van der Waals surface area contributed by atoms with Crippen LogP contribution in [0.3, 0.4) is 0 Å². The number of nitrogens with zero attached hydrogens (tertiary/aromatic N) is 4. The largest absolute Gasteiger partial charge is 0.508 e. The number of hydrogen-bond donors (Lipinski definition) is 1. The zero-order valence-corrected chi connectivity index (χ0v) is 30.3. The smallest absolute Gasteiger partial charge is 0.351 e. The summed E-state index contributed by atoms with van der Waals surface area (Å²) >= 11 is 0. The molecule has 14 nitrogen and oxygen atoms in total. The van der Waals surface area contributed by atoms with Gasteiger partial charge in [0.1, 0.15) is 36.9 Å². The number of phenols is 1. The quantitative estimate of drug-likeness (QED) is 0.223. The third kappa shape index (κ3) is 8.78. The van der Waals surface area contributed by atoms with Crippen molar-refractivity contribution in [2.24, 2.45) is 5.92 Å². The first-order chi connectivity index (χ1) is 26.5. The molecular weight excluding hydrogens is 696 g/mol. The van der Waals surface area contributed by atoms with Gasteiger partial charge in [0.15, 0.2) is 0 Å².